The maximum absolute atomic E-state index is 12.0. The van der Waals surface area contributed by atoms with Gasteiger partial charge in [-0.1, -0.05) is 30.3 Å². The molecular weight excluding hydrogens is 632 g/mol. The van der Waals surface area contributed by atoms with E-state index in [1.165, 1.54) is 18.2 Å². The minimum Gasteiger partial charge on any atom is -0.507 e. The highest BCUT2D eigenvalue weighted by atomic mass is 16.5. The van der Waals surface area contributed by atoms with Crippen molar-refractivity contribution in [3.8, 4) is 46.4 Å². The molecular formula is C35H32N6O8. The molecule has 0 atom stereocenters. The Hall–Kier alpha value is -6.80. The lowest BCUT2D eigenvalue weighted by atomic mass is 10.1. The quantitative estimate of drug-likeness (QED) is 0.131. The third-order valence-corrected chi connectivity index (χ3v) is 6.97. The van der Waals surface area contributed by atoms with Crippen LogP contribution in [-0.4, -0.2) is 60.1 Å². The Kier molecular flexibility index (Phi) is 11.2. The zero-order chi connectivity index (χ0) is 35.7. The first-order valence-electron chi connectivity index (χ1n) is 14.9. The lowest BCUT2D eigenvalue weighted by molar-refractivity contribution is 0.0465. The van der Waals surface area contributed by atoms with E-state index in [2.05, 4.69) is 16.0 Å². The number of nitriles is 2. The number of phenolic OH excluding ortho intramolecular Hbond substituents is 1. The first kappa shape index (κ1) is 35.1. The topological polar surface area (TPSA) is 206 Å². The van der Waals surface area contributed by atoms with E-state index in [1.54, 1.807) is 45.9 Å². The number of aryl methyl sites for hydroxylation is 2. The molecule has 250 valence electrons. The van der Waals surface area contributed by atoms with Crippen molar-refractivity contribution in [1.29, 1.82) is 10.5 Å². The van der Waals surface area contributed by atoms with Crippen LogP contribution >= 0.6 is 0 Å². The molecule has 0 amide bonds. The van der Waals surface area contributed by atoms with Crippen molar-refractivity contribution in [3.05, 3.63) is 106 Å². The lowest BCUT2D eigenvalue weighted by Gasteiger charge is -2.10. The van der Waals surface area contributed by atoms with Crippen LogP contribution in [0.5, 0.6) is 11.5 Å². The van der Waals surface area contributed by atoms with Crippen LogP contribution in [0.25, 0.3) is 22.8 Å². The number of carbonyl (C=O) groups is 2. The van der Waals surface area contributed by atoms with E-state index < -0.39 is 11.9 Å². The van der Waals surface area contributed by atoms with E-state index >= 15 is 0 Å². The van der Waals surface area contributed by atoms with Crippen LogP contribution in [0.15, 0.2) is 66.7 Å². The number of rotatable bonds is 9. The number of benzene rings is 3. The van der Waals surface area contributed by atoms with Gasteiger partial charge < -0.3 is 29.7 Å². The standard InChI is InChI=1S/C21H19N3O4.C14H13N3O4/c1-3-27-21(25)19-14(2)23-20(24(19)26)16-9-10-18(17(11-16)12-22)28-13-15-7-5-4-6-8-15;1-3-21-14(19)12-8(2)16-13(17(12)20)9-4-5-11(18)10(6-9)7-15/h4-11,26H,3,13H2,1-2H3;4-6,18,20H,3H2,1-2H3. The lowest BCUT2D eigenvalue weighted by Crippen LogP contribution is -2.12. The van der Waals surface area contributed by atoms with Crippen molar-refractivity contribution in [1.82, 2.24) is 19.4 Å². The fourth-order valence-corrected chi connectivity index (χ4v) is 4.66. The number of hydrogen-bond donors (Lipinski definition) is 3. The number of carbonyl (C=O) groups excluding carboxylic acids is 2. The summed E-state index contributed by atoms with van der Waals surface area (Å²) in [5.41, 5.74) is 2.72. The van der Waals surface area contributed by atoms with Crippen molar-refractivity contribution >= 4 is 11.9 Å². The molecule has 3 aromatic carbocycles. The molecule has 14 nitrogen and oxygen atoms in total. The van der Waals surface area contributed by atoms with Crippen LogP contribution in [0.1, 0.15) is 62.9 Å². The van der Waals surface area contributed by atoms with Gasteiger partial charge in [0.15, 0.2) is 23.0 Å². The maximum atomic E-state index is 12.0. The Balaban J connectivity index is 0.000000230. The monoisotopic (exact) mass is 664 g/mol. The third-order valence-electron chi connectivity index (χ3n) is 6.97. The van der Waals surface area contributed by atoms with E-state index in [-0.39, 0.29) is 47.6 Å². The van der Waals surface area contributed by atoms with E-state index in [0.717, 1.165) is 5.56 Å². The number of esters is 2. The molecule has 0 fully saturated rings. The molecule has 0 bridgehead atoms. The number of aromatic nitrogens is 4. The van der Waals surface area contributed by atoms with Gasteiger partial charge in [-0.3, -0.25) is 0 Å². The van der Waals surface area contributed by atoms with Crippen LogP contribution in [0.4, 0.5) is 0 Å². The van der Waals surface area contributed by atoms with Gasteiger partial charge in [0, 0.05) is 11.1 Å². The number of imidazole rings is 2. The van der Waals surface area contributed by atoms with E-state index in [4.69, 9.17) is 19.5 Å². The van der Waals surface area contributed by atoms with E-state index in [0.29, 0.717) is 49.9 Å². The number of nitrogens with zero attached hydrogens (tertiary/aromatic N) is 6. The summed E-state index contributed by atoms with van der Waals surface area (Å²) in [6, 6.07) is 22.6. The Morgan fingerprint density at radius 1 is 0.755 bits per heavy atom. The fourth-order valence-electron chi connectivity index (χ4n) is 4.66. The normalized spacial score (nSPS) is 10.2. The summed E-state index contributed by atoms with van der Waals surface area (Å²) in [5.74, 6) is -0.855. The number of hydrogen-bond acceptors (Lipinski definition) is 12. The van der Waals surface area contributed by atoms with Crippen molar-refractivity contribution in [3.63, 3.8) is 0 Å². The molecule has 14 heteroatoms. The number of ether oxygens (including phenoxy) is 3. The summed E-state index contributed by atoms with van der Waals surface area (Å²) in [4.78, 5) is 32.1. The summed E-state index contributed by atoms with van der Waals surface area (Å²) in [5, 5.41) is 48.4. The van der Waals surface area contributed by atoms with Gasteiger partial charge in [-0.05, 0) is 69.7 Å². The Morgan fingerprint density at radius 3 is 1.73 bits per heavy atom. The average Bonchev–Trinajstić information content (AvgIpc) is 3.57. The van der Waals surface area contributed by atoms with Crippen LogP contribution < -0.4 is 4.74 Å². The first-order chi connectivity index (χ1) is 23.5. The van der Waals surface area contributed by atoms with E-state index in [9.17, 15) is 30.4 Å². The highest BCUT2D eigenvalue weighted by molar-refractivity contribution is 5.90. The predicted molar refractivity (Wildman–Crippen MR) is 173 cm³/mol. The van der Waals surface area contributed by atoms with Gasteiger partial charge >= 0.3 is 11.9 Å². The molecule has 2 aromatic heterocycles. The van der Waals surface area contributed by atoms with Crippen LogP contribution in [0, 0.1) is 36.5 Å². The molecule has 3 N–H and O–H groups in total. The largest absolute Gasteiger partial charge is 0.507 e. The summed E-state index contributed by atoms with van der Waals surface area (Å²) < 4.78 is 16.9. The van der Waals surface area contributed by atoms with Gasteiger partial charge in [-0.25, -0.2) is 19.6 Å². The van der Waals surface area contributed by atoms with Gasteiger partial charge in [-0.2, -0.15) is 20.0 Å². The summed E-state index contributed by atoms with van der Waals surface area (Å²) in [6.45, 7) is 7.20. The molecule has 49 heavy (non-hydrogen) atoms. The van der Waals surface area contributed by atoms with Gasteiger partial charge in [0.25, 0.3) is 0 Å². The molecule has 0 radical (unpaired) electrons. The minimum absolute atomic E-state index is 0.0419. The second kappa shape index (κ2) is 15.7. The number of phenols is 1. The molecule has 0 aliphatic carbocycles. The molecule has 0 saturated carbocycles. The summed E-state index contributed by atoms with van der Waals surface area (Å²) in [6.07, 6.45) is 0. The summed E-state index contributed by atoms with van der Waals surface area (Å²) in [7, 11) is 0. The molecule has 0 spiro atoms. The van der Waals surface area contributed by atoms with Crippen LogP contribution in [-0.2, 0) is 16.1 Å². The van der Waals surface area contributed by atoms with E-state index in [1.807, 2.05) is 36.4 Å². The minimum atomic E-state index is -0.685. The van der Waals surface area contributed by atoms with Crippen molar-refractivity contribution in [2.45, 2.75) is 34.3 Å². The van der Waals surface area contributed by atoms with Gasteiger partial charge in [0.2, 0.25) is 0 Å². The van der Waals surface area contributed by atoms with Crippen molar-refractivity contribution in [2.24, 2.45) is 0 Å². The van der Waals surface area contributed by atoms with Gasteiger partial charge in [0.05, 0.1) is 35.7 Å². The van der Waals surface area contributed by atoms with Crippen molar-refractivity contribution in [2.75, 3.05) is 13.2 Å². The maximum Gasteiger partial charge on any atom is 0.360 e. The Bertz CT molecular complexity index is 2070. The SMILES string of the molecule is CCOC(=O)c1c(C)nc(-c2ccc(O)c(C#N)c2)n1O.CCOC(=O)c1c(C)nc(-c2ccc(OCc3ccccc3)c(C#N)c2)n1O. The van der Waals surface area contributed by atoms with Crippen molar-refractivity contribution < 1.29 is 39.3 Å². The molecule has 2 heterocycles. The van der Waals surface area contributed by atoms with Crippen LogP contribution in [0.2, 0.25) is 0 Å². The second-order valence-electron chi connectivity index (χ2n) is 10.2. The van der Waals surface area contributed by atoms with Gasteiger partial charge in [0.1, 0.15) is 30.2 Å². The van der Waals surface area contributed by atoms with Gasteiger partial charge in [-0.15, -0.1) is 0 Å². The molecule has 5 aromatic rings. The third kappa shape index (κ3) is 7.78. The van der Waals surface area contributed by atoms with Crippen LogP contribution in [0.3, 0.4) is 0 Å². The molecule has 5 rings (SSSR count). The zero-order valence-corrected chi connectivity index (χ0v) is 27.0. The smallest absolute Gasteiger partial charge is 0.360 e. The molecule has 0 aliphatic heterocycles. The molecule has 0 unspecified atom stereocenters. The average molecular weight is 665 g/mol. The zero-order valence-electron chi connectivity index (χ0n) is 27.0. The Labute approximate surface area is 281 Å². The highest BCUT2D eigenvalue weighted by Crippen LogP contribution is 2.29. The Morgan fingerprint density at radius 2 is 1.24 bits per heavy atom. The molecule has 0 saturated heterocycles. The summed E-state index contributed by atoms with van der Waals surface area (Å²) >= 11 is 0. The number of aromatic hydroxyl groups is 1. The fraction of sp³-hybridized carbons (Fsp3) is 0.200. The predicted octanol–water partition coefficient (Wildman–Crippen LogP) is 5.57. The molecule has 0 aliphatic rings. The highest BCUT2D eigenvalue weighted by Gasteiger charge is 2.24. The second-order valence-corrected chi connectivity index (χ2v) is 10.2. The first-order valence-corrected chi connectivity index (χ1v) is 14.9.